The predicted molar refractivity (Wildman–Crippen MR) is 62.2 cm³/mol. The van der Waals surface area contributed by atoms with Crippen LogP contribution in [0, 0.1) is 0 Å². The van der Waals surface area contributed by atoms with E-state index in [0.29, 0.717) is 0 Å². The second kappa shape index (κ2) is 4.42. The van der Waals surface area contributed by atoms with Gasteiger partial charge in [0.05, 0.1) is 0 Å². The first kappa shape index (κ1) is 11.7. The molecule has 1 aromatic rings. The Labute approximate surface area is 91.6 Å². The highest BCUT2D eigenvalue weighted by Gasteiger charge is 2.26. The first-order valence-electron chi connectivity index (χ1n) is 4.28. The highest BCUT2D eigenvalue weighted by molar-refractivity contribution is 7.91. The van der Waals surface area contributed by atoms with Crippen LogP contribution >= 0.6 is 11.3 Å². The van der Waals surface area contributed by atoms with Crippen molar-refractivity contribution in [2.75, 3.05) is 0 Å². The van der Waals surface area contributed by atoms with E-state index >= 15 is 0 Å². The molecule has 0 radical (unpaired) electrons. The fourth-order valence-corrected chi connectivity index (χ4v) is 1.96. The first-order valence-corrected chi connectivity index (χ1v) is 6.27. The number of hydrogen-bond donors (Lipinski definition) is 0. The summed E-state index contributed by atoms with van der Waals surface area (Å²) in [6, 6.07) is 0. The van der Waals surface area contributed by atoms with Crippen LogP contribution in [0.5, 0.6) is 0 Å². The van der Waals surface area contributed by atoms with Crippen LogP contribution in [0.3, 0.4) is 0 Å². The summed E-state index contributed by atoms with van der Waals surface area (Å²) in [5.74, 6) is 0. The summed E-state index contributed by atoms with van der Waals surface area (Å²) in [6.45, 7) is 7.55. The molecule has 0 spiro atoms. The second-order valence-electron chi connectivity index (χ2n) is 3.88. The molecule has 1 atom stereocenters. The van der Waals surface area contributed by atoms with Crippen LogP contribution < -0.4 is 0 Å². The second-order valence-corrected chi connectivity index (χ2v) is 6.68. The molecule has 0 saturated heterocycles. The molecule has 1 rings (SSSR count). The molecule has 14 heavy (non-hydrogen) atoms. The fraction of sp³-hybridized carbons (Fsp3) is 0.556. The molecule has 0 bridgehead atoms. The van der Waals surface area contributed by atoms with Crippen LogP contribution in [-0.2, 0) is 11.4 Å². The normalized spacial score (nSPS) is 15.6. The Bertz CT molecular complexity index is 314. The molecule has 78 valence electrons. The Hall–Kier alpha value is -0.390. The zero-order valence-electron chi connectivity index (χ0n) is 8.77. The van der Waals surface area contributed by atoms with Crippen LogP contribution in [0.1, 0.15) is 32.7 Å². The Morgan fingerprint density at radius 2 is 2.21 bits per heavy atom. The lowest BCUT2D eigenvalue weighted by Gasteiger charge is -2.18. The highest BCUT2D eigenvalue weighted by atomic mass is 32.2. The average Bonchev–Trinajstić information content (AvgIpc) is 2.53. The van der Waals surface area contributed by atoms with Crippen LogP contribution in [0.25, 0.3) is 0 Å². The van der Waals surface area contributed by atoms with Gasteiger partial charge in [-0.2, -0.15) is 0 Å². The van der Waals surface area contributed by atoms with E-state index in [-0.39, 0.29) is 4.75 Å². The molecule has 0 aliphatic carbocycles. The smallest absolute Gasteiger partial charge is 0.144 e. The molecular formula is C9H14N2OS2. The summed E-state index contributed by atoms with van der Waals surface area (Å²) in [6.07, 6.45) is 1.72. The van der Waals surface area contributed by atoms with Gasteiger partial charge in [-0.1, -0.05) is 4.40 Å². The number of aromatic nitrogens is 1. The molecule has 0 saturated carbocycles. The van der Waals surface area contributed by atoms with Crippen LogP contribution in [0.2, 0.25) is 0 Å². The lowest BCUT2D eigenvalue weighted by molar-refractivity contribution is 0.561. The maximum absolute atomic E-state index is 11.7. The van der Waals surface area contributed by atoms with Gasteiger partial charge in [-0.3, -0.25) is 0 Å². The molecule has 0 fully saturated rings. The highest BCUT2D eigenvalue weighted by Crippen LogP contribution is 2.18. The molecule has 0 aromatic carbocycles. The molecule has 0 aliphatic rings. The van der Waals surface area contributed by atoms with Gasteiger partial charge >= 0.3 is 0 Å². The van der Waals surface area contributed by atoms with Crippen molar-refractivity contribution >= 4 is 28.4 Å². The Balaban J connectivity index is 2.79. The number of rotatable bonds is 2. The Morgan fingerprint density at radius 3 is 2.64 bits per heavy atom. The molecule has 0 N–H and O–H groups in total. The quantitative estimate of drug-likeness (QED) is 0.578. The minimum atomic E-state index is -1.20. The SMILES string of the molecule is C/C(=N\[S+]([O-])C(C)(C)C)c1nccs1. The minimum Gasteiger partial charge on any atom is -0.591 e. The van der Waals surface area contributed by atoms with Crippen molar-refractivity contribution in [2.24, 2.45) is 4.40 Å². The molecule has 1 heterocycles. The summed E-state index contributed by atoms with van der Waals surface area (Å²) < 4.78 is 15.5. The van der Waals surface area contributed by atoms with Crippen molar-refractivity contribution in [1.82, 2.24) is 4.98 Å². The summed E-state index contributed by atoms with van der Waals surface area (Å²) in [5, 5.41) is 2.72. The van der Waals surface area contributed by atoms with Crippen molar-refractivity contribution < 1.29 is 4.55 Å². The van der Waals surface area contributed by atoms with Crippen LogP contribution in [-0.4, -0.2) is 20.0 Å². The van der Waals surface area contributed by atoms with E-state index < -0.39 is 11.4 Å². The van der Waals surface area contributed by atoms with E-state index in [2.05, 4.69) is 9.38 Å². The maximum Gasteiger partial charge on any atom is 0.144 e. The third kappa shape index (κ3) is 3.08. The van der Waals surface area contributed by atoms with Crippen molar-refractivity contribution in [1.29, 1.82) is 0 Å². The fourth-order valence-electron chi connectivity index (χ4n) is 0.702. The molecule has 1 aromatic heterocycles. The van der Waals surface area contributed by atoms with Gasteiger partial charge in [-0.15, -0.1) is 11.3 Å². The van der Waals surface area contributed by atoms with Gasteiger partial charge in [0.2, 0.25) is 0 Å². The minimum absolute atomic E-state index is 0.307. The molecule has 0 aliphatic heterocycles. The largest absolute Gasteiger partial charge is 0.591 e. The standard InChI is InChI=1S/C9H14N2OS2/c1-7(8-10-5-6-13-8)11-14(12)9(2,3)4/h5-6H,1-4H3/b11-7+. The Kier molecular flexibility index (Phi) is 3.69. The maximum atomic E-state index is 11.7. The number of hydrogen-bond acceptors (Lipinski definition) is 4. The number of nitrogens with zero attached hydrogens (tertiary/aromatic N) is 2. The lowest BCUT2D eigenvalue weighted by atomic mass is 10.3. The van der Waals surface area contributed by atoms with E-state index in [4.69, 9.17) is 0 Å². The summed E-state index contributed by atoms with van der Waals surface area (Å²) >= 11 is 0.310. The summed E-state index contributed by atoms with van der Waals surface area (Å²) in [5.41, 5.74) is 0.744. The van der Waals surface area contributed by atoms with Crippen LogP contribution in [0.15, 0.2) is 16.0 Å². The van der Waals surface area contributed by atoms with Crippen molar-refractivity contribution in [2.45, 2.75) is 32.4 Å². The van der Waals surface area contributed by atoms with E-state index in [0.717, 1.165) is 10.7 Å². The third-order valence-electron chi connectivity index (χ3n) is 1.49. The van der Waals surface area contributed by atoms with Gasteiger partial charge in [-0.25, -0.2) is 4.98 Å². The Morgan fingerprint density at radius 1 is 1.57 bits per heavy atom. The van der Waals surface area contributed by atoms with E-state index in [9.17, 15) is 4.55 Å². The molecule has 0 amide bonds. The van der Waals surface area contributed by atoms with E-state index in [1.165, 1.54) is 11.3 Å². The van der Waals surface area contributed by atoms with E-state index in [1.807, 2.05) is 33.1 Å². The number of thiazole rings is 1. The van der Waals surface area contributed by atoms with Crippen molar-refractivity contribution in [3.63, 3.8) is 0 Å². The van der Waals surface area contributed by atoms with Gasteiger partial charge in [0, 0.05) is 11.6 Å². The van der Waals surface area contributed by atoms with E-state index in [1.54, 1.807) is 6.20 Å². The zero-order chi connectivity index (χ0) is 10.8. The van der Waals surface area contributed by atoms with Crippen LogP contribution in [0.4, 0.5) is 0 Å². The molecule has 5 heteroatoms. The molecule has 1 unspecified atom stereocenters. The van der Waals surface area contributed by atoms with Gasteiger partial charge in [0.25, 0.3) is 0 Å². The zero-order valence-corrected chi connectivity index (χ0v) is 10.4. The van der Waals surface area contributed by atoms with Gasteiger partial charge in [0.1, 0.15) is 26.8 Å². The summed E-state index contributed by atoms with van der Waals surface area (Å²) in [7, 11) is 0. The van der Waals surface area contributed by atoms with Gasteiger partial charge < -0.3 is 4.55 Å². The average molecular weight is 230 g/mol. The predicted octanol–water partition coefficient (Wildman–Crippen LogP) is 2.41. The van der Waals surface area contributed by atoms with Gasteiger partial charge in [-0.05, 0) is 27.7 Å². The molecular weight excluding hydrogens is 216 g/mol. The van der Waals surface area contributed by atoms with Gasteiger partial charge in [0.15, 0.2) is 0 Å². The van der Waals surface area contributed by atoms with Crippen molar-refractivity contribution in [3.05, 3.63) is 16.6 Å². The monoisotopic (exact) mass is 230 g/mol. The lowest BCUT2D eigenvalue weighted by Crippen LogP contribution is -2.26. The topological polar surface area (TPSA) is 48.3 Å². The first-order chi connectivity index (χ1) is 6.41. The molecule has 3 nitrogen and oxygen atoms in total. The third-order valence-corrected chi connectivity index (χ3v) is 3.85. The van der Waals surface area contributed by atoms with Crippen molar-refractivity contribution in [3.8, 4) is 0 Å². The summed E-state index contributed by atoms with van der Waals surface area (Å²) in [4.78, 5) is 4.10.